The van der Waals surface area contributed by atoms with Crippen molar-refractivity contribution in [3.63, 3.8) is 0 Å². The molecule has 8 nitrogen and oxygen atoms in total. The minimum Gasteiger partial charge on any atom is -0.386 e. The Labute approximate surface area is 230 Å². The molecule has 1 fully saturated rings. The van der Waals surface area contributed by atoms with E-state index >= 15 is 0 Å². The highest BCUT2D eigenvalue weighted by atomic mass is 35.5. The Hall–Kier alpha value is -3.33. The van der Waals surface area contributed by atoms with E-state index in [2.05, 4.69) is 14.9 Å². The lowest BCUT2D eigenvalue weighted by Crippen LogP contribution is -2.27. The molecule has 196 valence electrons. The molecule has 0 spiro atoms. The maximum absolute atomic E-state index is 10.9. The SMILES string of the molecule is [2H]C([2H])([2H])c1nnn(C)c1-c1cnc2c3ccc(C(C)(C)O)cc3n([C@H](c3ccc(Cl)cn3)C3CCOCC3)c2c1. The summed E-state index contributed by atoms with van der Waals surface area (Å²) in [7, 11) is 1.68. The minimum atomic E-state index is -2.44. The van der Waals surface area contributed by atoms with Gasteiger partial charge in [0.1, 0.15) is 0 Å². The monoisotopic (exact) mass is 533 g/mol. The first-order valence-electron chi connectivity index (χ1n) is 14.2. The van der Waals surface area contributed by atoms with Crippen molar-refractivity contribution in [2.75, 3.05) is 13.2 Å². The zero-order chi connectivity index (χ0) is 29.1. The van der Waals surface area contributed by atoms with Crippen LogP contribution in [0.15, 0.2) is 48.8 Å². The number of benzene rings is 1. The van der Waals surface area contributed by atoms with Crippen molar-refractivity contribution in [1.82, 2.24) is 29.5 Å². The van der Waals surface area contributed by atoms with Gasteiger partial charge in [0.05, 0.1) is 50.3 Å². The summed E-state index contributed by atoms with van der Waals surface area (Å²) in [5.74, 6) is 0.196. The zero-order valence-electron chi connectivity index (χ0n) is 24.5. The van der Waals surface area contributed by atoms with E-state index < -0.39 is 12.5 Å². The first-order valence-corrected chi connectivity index (χ1v) is 13.1. The molecule has 0 unspecified atom stereocenters. The van der Waals surface area contributed by atoms with Crippen LogP contribution in [0.25, 0.3) is 33.2 Å². The third-order valence-electron chi connectivity index (χ3n) is 7.49. The number of nitrogens with zero attached hydrogens (tertiary/aromatic N) is 6. The lowest BCUT2D eigenvalue weighted by molar-refractivity contribution is 0.0547. The number of pyridine rings is 2. The molecule has 1 N–H and O–H groups in total. The van der Waals surface area contributed by atoms with Gasteiger partial charge < -0.3 is 14.4 Å². The van der Waals surface area contributed by atoms with Crippen LogP contribution in [0.2, 0.25) is 5.02 Å². The number of aryl methyl sites for hydroxylation is 2. The van der Waals surface area contributed by atoms with E-state index in [1.54, 1.807) is 33.3 Å². The fourth-order valence-electron chi connectivity index (χ4n) is 5.57. The van der Waals surface area contributed by atoms with Gasteiger partial charge in [-0.1, -0.05) is 28.9 Å². The highest BCUT2D eigenvalue weighted by Gasteiger charge is 2.32. The van der Waals surface area contributed by atoms with E-state index in [9.17, 15) is 5.11 Å². The number of aromatic nitrogens is 6. The number of rotatable bonds is 5. The molecule has 5 heterocycles. The van der Waals surface area contributed by atoms with E-state index in [4.69, 9.17) is 30.4 Å². The Morgan fingerprint density at radius 2 is 1.92 bits per heavy atom. The molecule has 1 aromatic carbocycles. The molecular weight excluding hydrogens is 500 g/mol. The van der Waals surface area contributed by atoms with Gasteiger partial charge in [-0.3, -0.25) is 9.97 Å². The van der Waals surface area contributed by atoms with Gasteiger partial charge >= 0.3 is 0 Å². The van der Waals surface area contributed by atoms with Crippen LogP contribution >= 0.6 is 11.6 Å². The molecule has 5 aromatic rings. The molecule has 0 aliphatic carbocycles. The summed E-state index contributed by atoms with van der Waals surface area (Å²) in [6, 6.07) is 11.5. The second-order valence-corrected chi connectivity index (χ2v) is 10.9. The predicted octanol–water partition coefficient (Wildman–Crippen LogP) is 5.59. The van der Waals surface area contributed by atoms with Crippen molar-refractivity contribution in [2.45, 2.75) is 45.2 Å². The molecule has 0 amide bonds. The standard InChI is InChI=1S/C29H31ClN6O2/c1-17-27(35(4)34-33-17)19-13-25-26(32-15-19)22-7-5-20(29(2,3)37)14-24(22)36(25)28(18-9-11-38-12-10-18)23-8-6-21(30)16-31-23/h5-8,13-16,18,28,37H,9-12H2,1-4H3/t28-/m0/s1/i1D3. The average molecular weight is 534 g/mol. The van der Waals surface area contributed by atoms with E-state index in [0.717, 1.165) is 46.0 Å². The van der Waals surface area contributed by atoms with Crippen LogP contribution in [-0.2, 0) is 17.4 Å². The molecule has 38 heavy (non-hydrogen) atoms. The Morgan fingerprint density at radius 3 is 2.63 bits per heavy atom. The van der Waals surface area contributed by atoms with Gasteiger partial charge in [0.2, 0.25) is 0 Å². The average Bonchev–Trinajstić information content (AvgIpc) is 3.48. The highest BCUT2D eigenvalue weighted by Crippen LogP contribution is 2.41. The topological polar surface area (TPSA) is 90.9 Å². The molecule has 4 aromatic heterocycles. The van der Waals surface area contributed by atoms with Gasteiger partial charge in [-0.15, -0.1) is 5.10 Å². The van der Waals surface area contributed by atoms with Crippen LogP contribution in [0.1, 0.15) is 53.8 Å². The van der Waals surface area contributed by atoms with Crippen LogP contribution in [-0.4, -0.2) is 47.8 Å². The van der Waals surface area contributed by atoms with Crippen LogP contribution in [0.4, 0.5) is 0 Å². The fraction of sp³-hybridized carbons (Fsp3) is 0.379. The van der Waals surface area contributed by atoms with Crippen molar-refractivity contribution >= 4 is 33.5 Å². The molecule has 0 bridgehead atoms. The highest BCUT2D eigenvalue weighted by molar-refractivity contribution is 6.30. The second-order valence-electron chi connectivity index (χ2n) is 10.5. The lowest BCUT2D eigenvalue weighted by atomic mass is 9.88. The Balaban J connectivity index is 1.69. The van der Waals surface area contributed by atoms with Crippen LogP contribution in [0, 0.1) is 12.8 Å². The van der Waals surface area contributed by atoms with Crippen molar-refractivity contribution in [2.24, 2.45) is 13.0 Å². The summed E-state index contributed by atoms with van der Waals surface area (Å²) in [5, 5.41) is 20.4. The number of hydrogen-bond donors (Lipinski definition) is 1. The van der Waals surface area contributed by atoms with Crippen molar-refractivity contribution in [1.29, 1.82) is 0 Å². The number of fused-ring (bicyclic) bond motifs is 3. The van der Waals surface area contributed by atoms with Gasteiger partial charge in [-0.05, 0) is 69.3 Å². The summed E-state index contributed by atoms with van der Waals surface area (Å²) < 4.78 is 33.5. The zero-order valence-corrected chi connectivity index (χ0v) is 22.3. The summed E-state index contributed by atoms with van der Waals surface area (Å²) >= 11 is 6.25. The second kappa shape index (κ2) is 9.45. The smallest absolute Gasteiger partial charge is 0.0960 e. The number of hydrogen-bond acceptors (Lipinski definition) is 6. The summed E-state index contributed by atoms with van der Waals surface area (Å²) in [4.78, 5) is 9.64. The molecule has 1 aliphatic rings. The van der Waals surface area contributed by atoms with Crippen LogP contribution in [0.3, 0.4) is 0 Å². The first-order chi connectivity index (χ1) is 19.4. The van der Waals surface area contributed by atoms with Gasteiger partial charge in [0, 0.05) is 47.7 Å². The van der Waals surface area contributed by atoms with Crippen LogP contribution < -0.4 is 0 Å². The third kappa shape index (κ3) is 4.26. The predicted molar refractivity (Wildman–Crippen MR) is 148 cm³/mol. The maximum atomic E-state index is 10.9. The number of aliphatic hydroxyl groups is 1. The largest absolute Gasteiger partial charge is 0.386 e. The Kier molecular flexibility index (Phi) is 5.37. The molecule has 9 heteroatoms. The van der Waals surface area contributed by atoms with E-state index in [1.807, 2.05) is 36.4 Å². The van der Waals surface area contributed by atoms with Crippen LogP contribution in [0.5, 0.6) is 0 Å². The van der Waals surface area contributed by atoms with Crippen molar-refractivity contribution < 1.29 is 14.0 Å². The Bertz CT molecular complexity index is 1730. The quantitative estimate of drug-likeness (QED) is 0.317. The molecule has 1 atom stereocenters. The summed E-state index contributed by atoms with van der Waals surface area (Å²) in [6.07, 6.45) is 5.01. The van der Waals surface area contributed by atoms with E-state index in [0.29, 0.717) is 29.5 Å². The minimum absolute atomic E-state index is 0.0755. The van der Waals surface area contributed by atoms with Crippen molar-refractivity contribution in [3.8, 4) is 11.3 Å². The fourth-order valence-corrected chi connectivity index (χ4v) is 5.69. The lowest BCUT2D eigenvalue weighted by Gasteiger charge is -2.32. The molecule has 1 saturated heterocycles. The number of ether oxygens (including phenoxy) is 1. The van der Waals surface area contributed by atoms with Gasteiger partial charge in [-0.25, -0.2) is 4.68 Å². The first kappa shape index (κ1) is 21.6. The molecule has 6 rings (SSSR count). The van der Waals surface area contributed by atoms with Crippen molar-refractivity contribution in [3.05, 3.63) is 70.8 Å². The molecule has 1 aliphatic heterocycles. The summed E-state index contributed by atoms with van der Waals surface area (Å²) in [6.45, 7) is 2.38. The maximum Gasteiger partial charge on any atom is 0.0960 e. The van der Waals surface area contributed by atoms with Gasteiger partial charge in [0.25, 0.3) is 0 Å². The van der Waals surface area contributed by atoms with Gasteiger partial charge in [0.15, 0.2) is 0 Å². The normalized spacial score (nSPS) is 17.4. The summed E-state index contributed by atoms with van der Waals surface area (Å²) in [5.41, 5.74) is 3.95. The Morgan fingerprint density at radius 1 is 1.11 bits per heavy atom. The van der Waals surface area contributed by atoms with E-state index in [-0.39, 0.29) is 17.7 Å². The molecular formula is C29H31ClN6O2. The molecule has 0 saturated carbocycles. The van der Waals surface area contributed by atoms with E-state index in [1.165, 1.54) is 4.68 Å². The molecule has 0 radical (unpaired) electrons. The van der Waals surface area contributed by atoms with Gasteiger partial charge in [-0.2, -0.15) is 0 Å². The third-order valence-corrected chi connectivity index (χ3v) is 7.71. The number of halogens is 1.